The third-order valence-corrected chi connectivity index (χ3v) is 3.94. The molecule has 1 aliphatic rings. The largest absolute Gasteiger partial charge is 0.349 e. The van der Waals surface area contributed by atoms with Crippen molar-refractivity contribution >= 4 is 21.8 Å². The first-order valence-electron chi connectivity index (χ1n) is 5.93. The van der Waals surface area contributed by atoms with Gasteiger partial charge in [0.15, 0.2) is 0 Å². The van der Waals surface area contributed by atoms with E-state index in [-0.39, 0.29) is 16.4 Å². The van der Waals surface area contributed by atoms with E-state index in [4.69, 9.17) is 0 Å². The minimum absolute atomic E-state index is 0.191. The standard InChI is InChI=1S/C13H15BrFNO/c14-12-10(7-4-8-11(12)15)13(17)16-9-5-2-1-3-6-9/h4,7-9H,1-3,5-6H2,(H,16,17). The van der Waals surface area contributed by atoms with Crippen LogP contribution in [0.15, 0.2) is 22.7 Å². The van der Waals surface area contributed by atoms with Crippen molar-refractivity contribution < 1.29 is 9.18 Å². The lowest BCUT2D eigenvalue weighted by atomic mass is 9.95. The van der Waals surface area contributed by atoms with E-state index < -0.39 is 5.82 Å². The summed E-state index contributed by atoms with van der Waals surface area (Å²) < 4.78 is 13.5. The highest BCUT2D eigenvalue weighted by molar-refractivity contribution is 9.10. The third kappa shape index (κ3) is 3.06. The van der Waals surface area contributed by atoms with Crippen molar-refractivity contribution in [2.75, 3.05) is 0 Å². The van der Waals surface area contributed by atoms with Crippen LogP contribution < -0.4 is 5.32 Å². The van der Waals surface area contributed by atoms with Gasteiger partial charge in [0.25, 0.3) is 5.91 Å². The molecule has 1 aromatic rings. The van der Waals surface area contributed by atoms with Gasteiger partial charge in [0, 0.05) is 6.04 Å². The van der Waals surface area contributed by atoms with Crippen molar-refractivity contribution in [1.82, 2.24) is 5.32 Å². The summed E-state index contributed by atoms with van der Waals surface area (Å²) in [6, 6.07) is 4.76. The number of hydrogen-bond donors (Lipinski definition) is 1. The van der Waals surface area contributed by atoms with Gasteiger partial charge in [0.1, 0.15) is 5.82 Å². The fourth-order valence-corrected chi connectivity index (χ4v) is 2.63. The van der Waals surface area contributed by atoms with Crippen LogP contribution in [-0.4, -0.2) is 11.9 Å². The molecule has 4 heteroatoms. The second kappa shape index (κ2) is 5.63. The molecule has 1 aliphatic carbocycles. The average molecular weight is 300 g/mol. The number of nitrogens with one attached hydrogen (secondary N) is 1. The second-order valence-electron chi connectivity index (χ2n) is 4.41. The summed E-state index contributed by atoms with van der Waals surface area (Å²) in [6.45, 7) is 0. The van der Waals surface area contributed by atoms with E-state index in [2.05, 4.69) is 21.2 Å². The Bertz CT molecular complexity index is 416. The van der Waals surface area contributed by atoms with Crippen LogP contribution in [0.25, 0.3) is 0 Å². The van der Waals surface area contributed by atoms with E-state index in [0.29, 0.717) is 5.56 Å². The quantitative estimate of drug-likeness (QED) is 0.887. The van der Waals surface area contributed by atoms with E-state index in [9.17, 15) is 9.18 Å². The first kappa shape index (κ1) is 12.6. The topological polar surface area (TPSA) is 29.1 Å². The molecule has 1 N–H and O–H groups in total. The summed E-state index contributed by atoms with van der Waals surface area (Å²) in [4.78, 5) is 12.0. The molecule has 1 saturated carbocycles. The molecule has 0 unspecified atom stereocenters. The zero-order valence-electron chi connectivity index (χ0n) is 9.51. The van der Waals surface area contributed by atoms with Crippen molar-refractivity contribution in [2.24, 2.45) is 0 Å². The van der Waals surface area contributed by atoms with Crippen LogP contribution in [0, 0.1) is 5.82 Å². The molecule has 92 valence electrons. The number of benzene rings is 1. The second-order valence-corrected chi connectivity index (χ2v) is 5.20. The Hall–Kier alpha value is -0.900. The molecule has 2 rings (SSSR count). The molecule has 2 nitrogen and oxygen atoms in total. The predicted molar refractivity (Wildman–Crippen MR) is 68.4 cm³/mol. The van der Waals surface area contributed by atoms with Crippen molar-refractivity contribution in [3.05, 3.63) is 34.1 Å². The van der Waals surface area contributed by atoms with Gasteiger partial charge in [-0.25, -0.2) is 4.39 Å². The zero-order valence-corrected chi connectivity index (χ0v) is 11.1. The fourth-order valence-electron chi connectivity index (χ4n) is 2.19. The molecule has 1 aromatic carbocycles. The Kier molecular flexibility index (Phi) is 4.15. The van der Waals surface area contributed by atoms with Crippen LogP contribution in [0.2, 0.25) is 0 Å². The molecule has 0 saturated heterocycles. The SMILES string of the molecule is O=C(NC1CCCCC1)c1cccc(F)c1Br. The highest BCUT2D eigenvalue weighted by Crippen LogP contribution is 2.22. The Balaban J connectivity index is 2.06. The van der Waals surface area contributed by atoms with E-state index in [1.807, 2.05) is 0 Å². The fraction of sp³-hybridized carbons (Fsp3) is 0.462. The molecule has 0 atom stereocenters. The summed E-state index contributed by atoms with van der Waals surface area (Å²) in [5.41, 5.74) is 0.371. The first-order valence-corrected chi connectivity index (χ1v) is 6.72. The summed E-state index contributed by atoms with van der Waals surface area (Å²) in [5.74, 6) is -0.593. The van der Waals surface area contributed by atoms with Gasteiger partial charge in [-0.1, -0.05) is 25.3 Å². The third-order valence-electron chi connectivity index (χ3n) is 3.14. The van der Waals surface area contributed by atoms with Gasteiger partial charge in [-0.2, -0.15) is 0 Å². The lowest BCUT2D eigenvalue weighted by Gasteiger charge is -2.23. The summed E-state index contributed by atoms with van der Waals surface area (Å²) >= 11 is 3.11. The van der Waals surface area contributed by atoms with Crippen LogP contribution in [0.5, 0.6) is 0 Å². The lowest BCUT2D eigenvalue weighted by molar-refractivity contribution is 0.0926. The Morgan fingerprint density at radius 1 is 1.29 bits per heavy atom. The minimum atomic E-state index is -0.402. The van der Waals surface area contributed by atoms with E-state index >= 15 is 0 Å². The number of rotatable bonds is 2. The highest BCUT2D eigenvalue weighted by Gasteiger charge is 2.18. The normalized spacial score (nSPS) is 16.8. The van der Waals surface area contributed by atoms with Crippen LogP contribution >= 0.6 is 15.9 Å². The van der Waals surface area contributed by atoms with Gasteiger partial charge in [-0.05, 0) is 40.9 Å². The van der Waals surface area contributed by atoms with Gasteiger partial charge in [0.05, 0.1) is 10.0 Å². The molecule has 0 bridgehead atoms. The maximum Gasteiger partial charge on any atom is 0.252 e. The molecule has 1 fully saturated rings. The Morgan fingerprint density at radius 3 is 2.71 bits per heavy atom. The van der Waals surface area contributed by atoms with E-state index in [0.717, 1.165) is 25.7 Å². The van der Waals surface area contributed by atoms with Crippen LogP contribution in [0.3, 0.4) is 0 Å². The van der Waals surface area contributed by atoms with Gasteiger partial charge < -0.3 is 5.32 Å². The van der Waals surface area contributed by atoms with Gasteiger partial charge in [-0.3, -0.25) is 4.79 Å². The van der Waals surface area contributed by atoms with Crippen LogP contribution in [0.4, 0.5) is 4.39 Å². The van der Waals surface area contributed by atoms with E-state index in [1.54, 1.807) is 12.1 Å². The molecule has 0 aromatic heterocycles. The van der Waals surface area contributed by atoms with Gasteiger partial charge >= 0.3 is 0 Å². The monoisotopic (exact) mass is 299 g/mol. The van der Waals surface area contributed by atoms with Gasteiger partial charge in [-0.15, -0.1) is 0 Å². The molecular formula is C13H15BrFNO. The number of carbonyl (C=O) groups excluding carboxylic acids is 1. The molecule has 1 amide bonds. The number of hydrogen-bond acceptors (Lipinski definition) is 1. The van der Waals surface area contributed by atoms with E-state index in [1.165, 1.54) is 12.5 Å². The van der Waals surface area contributed by atoms with Crippen molar-refractivity contribution in [1.29, 1.82) is 0 Å². The van der Waals surface area contributed by atoms with Crippen LogP contribution in [-0.2, 0) is 0 Å². The van der Waals surface area contributed by atoms with Crippen LogP contribution in [0.1, 0.15) is 42.5 Å². The van der Waals surface area contributed by atoms with Crippen molar-refractivity contribution in [3.63, 3.8) is 0 Å². The lowest BCUT2D eigenvalue weighted by Crippen LogP contribution is -2.36. The number of amides is 1. The summed E-state index contributed by atoms with van der Waals surface area (Å²) in [6.07, 6.45) is 5.62. The number of carbonyl (C=O) groups is 1. The summed E-state index contributed by atoms with van der Waals surface area (Å²) in [5, 5.41) is 2.97. The molecule has 0 heterocycles. The minimum Gasteiger partial charge on any atom is -0.349 e. The molecule has 0 radical (unpaired) electrons. The maximum absolute atomic E-state index is 13.3. The Morgan fingerprint density at radius 2 is 2.00 bits per heavy atom. The predicted octanol–water partition coefficient (Wildman–Crippen LogP) is 3.65. The number of halogens is 2. The smallest absolute Gasteiger partial charge is 0.252 e. The highest BCUT2D eigenvalue weighted by atomic mass is 79.9. The maximum atomic E-state index is 13.3. The molecule has 0 spiro atoms. The van der Waals surface area contributed by atoms with Gasteiger partial charge in [0.2, 0.25) is 0 Å². The van der Waals surface area contributed by atoms with Crippen molar-refractivity contribution in [3.8, 4) is 0 Å². The average Bonchev–Trinajstić information content (AvgIpc) is 2.34. The molecule has 17 heavy (non-hydrogen) atoms. The first-order chi connectivity index (χ1) is 8.18. The zero-order chi connectivity index (χ0) is 12.3. The van der Waals surface area contributed by atoms with Crippen molar-refractivity contribution in [2.45, 2.75) is 38.1 Å². The Labute approximate surface area is 109 Å². The summed E-state index contributed by atoms with van der Waals surface area (Å²) in [7, 11) is 0. The molecular weight excluding hydrogens is 285 g/mol. The molecule has 0 aliphatic heterocycles.